The second-order valence-corrected chi connectivity index (χ2v) is 7.41. The summed E-state index contributed by atoms with van der Waals surface area (Å²) in [5.74, 6) is -0.0821. The van der Waals surface area contributed by atoms with Crippen molar-refractivity contribution in [1.29, 1.82) is 0 Å². The predicted molar refractivity (Wildman–Crippen MR) is 96.7 cm³/mol. The zero-order valence-corrected chi connectivity index (χ0v) is 14.9. The van der Waals surface area contributed by atoms with Crippen LogP contribution in [0.2, 0.25) is 0 Å². The van der Waals surface area contributed by atoms with E-state index in [0.717, 1.165) is 17.5 Å². The largest absolute Gasteiger partial charge is 0.326 e. The normalized spacial score (nSPS) is 11.1. The molecule has 6 heteroatoms. The fourth-order valence-electron chi connectivity index (χ4n) is 2.19. The minimum atomic E-state index is -3.66. The third-order valence-corrected chi connectivity index (χ3v) is 5.08. The number of carbonyl (C=O) groups is 1. The average molecular weight is 346 g/mol. The van der Waals surface area contributed by atoms with Crippen LogP contribution in [0.5, 0.6) is 0 Å². The SMILES string of the molecule is CCCC(=O)Nc1ccc(S(=O)(=O)Nc2ccc(C)c(C)c2)cc1. The van der Waals surface area contributed by atoms with E-state index in [1.54, 1.807) is 24.3 Å². The molecular weight excluding hydrogens is 324 g/mol. The number of nitrogens with one attached hydrogen (secondary N) is 2. The van der Waals surface area contributed by atoms with Gasteiger partial charge in [-0.25, -0.2) is 8.42 Å². The summed E-state index contributed by atoms with van der Waals surface area (Å²) in [5.41, 5.74) is 3.23. The number of anilines is 2. The van der Waals surface area contributed by atoms with E-state index in [1.807, 2.05) is 26.8 Å². The molecule has 0 spiro atoms. The Hall–Kier alpha value is -2.34. The van der Waals surface area contributed by atoms with Gasteiger partial charge in [0, 0.05) is 17.8 Å². The Bertz CT molecular complexity index is 828. The molecule has 0 bridgehead atoms. The summed E-state index contributed by atoms with van der Waals surface area (Å²) < 4.78 is 27.4. The lowest BCUT2D eigenvalue weighted by Crippen LogP contribution is -2.14. The number of sulfonamides is 1. The van der Waals surface area contributed by atoms with Gasteiger partial charge >= 0.3 is 0 Å². The lowest BCUT2D eigenvalue weighted by atomic mass is 10.1. The number of hydrogen-bond acceptors (Lipinski definition) is 3. The maximum Gasteiger partial charge on any atom is 0.261 e. The zero-order valence-electron chi connectivity index (χ0n) is 14.1. The molecule has 0 aliphatic carbocycles. The second kappa shape index (κ2) is 7.49. The van der Waals surface area contributed by atoms with Gasteiger partial charge in [0.2, 0.25) is 5.91 Å². The molecule has 1 amide bonds. The molecule has 128 valence electrons. The summed E-state index contributed by atoms with van der Waals surface area (Å²) >= 11 is 0. The molecule has 0 aliphatic heterocycles. The molecule has 2 aromatic carbocycles. The van der Waals surface area contributed by atoms with Gasteiger partial charge in [0.05, 0.1) is 4.90 Å². The molecule has 0 heterocycles. The van der Waals surface area contributed by atoms with Gasteiger partial charge in [0.25, 0.3) is 10.0 Å². The molecule has 0 saturated carbocycles. The molecule has 5 nitrogen and oxygen atoms in total. The van der Waals surface area contributed by atoms with Crippen molar-refractivity contribution in [2.45, 2.75) is 38.5 Å². The molecule has 2 aromatic rings. The maximum atomic E-state index is 12.4. The van der Waals surface area contributed by atoms with Crippen molar-refractivity contribution in [3.8, 4) is 0 Å². The summed E-state index contributed by atoms with van der Waals surface area (Å²) in [6.45, 7) is 5.83. The highest BCUT2D eigenvalue weighted by Crippen LogP contribution is 2.20. The van der Waals surface area contributed by atoms with Crippen molar-refractivity contribution in [3.05, 3.63) is 53.6 Å². The summed E-state index contributed by atoms with van der Waals surface area (Å²) in [5, 5.41) is 2.73. The Balaban J connectivity index is 2.14. The van der Waals surface area contributed by atoms with E-state index >= 15 is 0 Å². The summed E-state index contributed by atoms with van der Waals surface area (Å²) in [6.07, 6.45) is 1.20. The highest BCUT2D eigenvalue weighted by atomic mass is 32.2. The van der Waals surface area contributed by atoms with Crippen LogP contribution in [-0.4, -0.2) is 14.3 Å². The van der Waals surface area contributed by atoms with Crippen LogP contribution in [0.3, 0.4) is 0 Å². The molecule has 0 saturated heterocycles. The van der Waals surface area contributed by atoms with Crippen molar-refractivity contribution >= 4 is 27.3 Å². The van der Waals surface area contributed by atoms with Gasteiger partial charge in [-0.2, -0.15) is 0 Å². The van der Waals surface area contributed by atoms with E-state index in [1.165, 1.54) is 12.1 Å². The quantitative estimate of drug-likeness (QED) is 0.834. The average Bonchev–Trinajstić information content (AvgIpc) is 2.51. The first kappa shape index (κ1) is 18.0. The zero-order chi connectivity index (χ0) is 17.7. The minimum Gasteiger partial charge on any atom is -0.326 e. The molecule has 0 atom stereocenters. The monoisotopic (exact) mass is 346 g/mol. The first-order valence-electron chi connectivity index (χ1n) is 7.82. The number of rotatable bonds is 6. The van der Waals surface area contributed by atoms with Crippen LogP contribution in [0.15, 0.2) is 47.4 Å². The van der Waals surface area contributed by atoms with Gasteiger partial charge in [-0.05, 0) is 67.8 Å². The van der Waals surface area contributed by atoms with Crippen LogP contribution in [-0.2, 0) is 14.8 Å². The first-order valence-corrected chi connectivity index (χ1v) is 9.30. The Labute approximate surface area is 143 Å². The highest BCUT2D eigenvalue weighted by molar-refractivity contribution is 7.92. The van der Waals surface area contributed by atoms with Crippen LogP contribution in [0.25, 0.3) is 0 Å². The molecule has 0 unspecified atom stereocenters. The number of aryl methyl sites for hydroxylation is 2. The van der Waals surface area contributed by atoms with Crippen molar-refractivity contribution in [2.24, 2.45) is 0 Å². The fourth-order valence-corrected chi connectivity index (χ4v) is 3.24. The van der Waals surface area contributed by atoms with Crippen molar-refractivity contribution < 1.29 is 13.2 Å². The third kappa shape index (κ3) is 4.58. The van der Waals surface area contributed by atoms with E-state index in [2.05, 4.69) is 10.0 Å². The van der Waals surface area contributed by atoms with Crippen molar-refractivity contribution in [1.82, 2.24) is 0 Å². The molecule has 2 N–H and O–H groups in total. The topological polar surface area (TPSA) is 75.3 Å². The smallest absolute Gasteiger partial charge is 0.261 e. The van der Waals surface area contributed by atoms with E-state index in [4.69, 9.17) is 0 Å². The van der Waals surface area contributed by atoms with E-state index in [9.17, 15) is 13.2 Å². The van der Waals surface area contributed by atoms with Crippen LogP contribution < -0.4 is 10.0 Å². The van der Waals surface area contributed by atoms with E-state index in [-0.39, 0.29) is 10.8 Å². The predicted octanol–water partition coefficient (Wildman–Crippen LogP) is 3.84. The Morgan fingerprint density at radius 3 is 2.17 bits per heavy atom. The van der Waals surface area contributed by atoms with Crippen LogP contribution in [0.4, 0.5) is 11.4 Å². The van der Waals surface area contributed by atoms with Crippen molar-refractivity contribution in [3.63, 3.8) is 0 Å². The van der Waals surface area contributed by atoms with Crippen LogP contribution in [0.1, 0.15) is 30.9 Å². The van der Waals surface area contributed by atoms with Gasteiger partial charge in [-0.3, -0.25) is 9.52 Å². The number of carbonyl (C=O) groups excluding carboxylic acids is 1. The lowest BCUT2D eigenvalue weighted by Gasteiger charge is -2.11. The Morgan fingerprint density at radius 1 is 0.958 bits per heavy atom. The molecular formula is C18H22N2O3S. The summed E-state index contributed by atoms with van der Waals surface area (Å²) in [6, 6.07) is 11.5. The maximum absolute atomic E-state index is 12.4. The number of benzene rings is 2. The van der Waals surface area contributed by atoms with Gasteiger partial charge in [-0.1, -0.05) is 13.0 Å². The van der Waals surface area contributed by atoms with Gasteiger partial charge in [0.15, 0.2) is 0 Å². The number of hydrogen-bond donors (Lipinski definition) is 2. The summed E-state index contributed by atoms with van der Waals surface area (Å²) in [7, 11) is -3.66. The Morgan fingerprint density at radius 2 is 1.58 bits per heavy atom. The van der Waals surface area contributed by atoms with Gasteiger partial charge < -0.3 is 5.32 Å². The van der Waals surface area contributed by atoms with E-state index in [0.29, 0.717) is 17.8 Å². The molecule has 0 fully saturated rings. The standard InChI is InChI=1S/C18H22N2O3S/c1-4-5-18(21)19-15-8-10-17(11-9-15)24(22,23)20-16-7-6-13(2)14(3)12-16/h6-12,20H,4-5H2,1-3H3,(H,19,21). The summed E-state index contributed by atoms with van der Waals surface area (Å²) in [4.78, 5) is 11.7. The fraction of sp³-hybridized carbons (Fsp3) is 0.278. The minimum absolute atomic E-state index is 0.0821. The molecule has 24 heavy (non-hydrogen) atoms. The van der Waals surface area contributed by atoms with Gasteiger partial charge in [0.1, 0.15) is 0 Å². The van der Waals surface area contributed by atoms with Crippen LogP contribution in [0, 0.1) is 13.8 Å². The molecule has 0 radical (unpaired) electrons. The molecule has 2 rings (SSSR count). The lowest BCUT2D eigenvalue weighted by molar-refractivity contribution is -0.116. The molecule has 0 aliphatic rings. The molecule has 0 aromatic heterocycles. The van der Waals surface area contributed by atoms with Crippen LogP contribution >= 0.6 is 0 Å². The highest BCUT2D eigenvalue weighted by Gasteiger charge is 2.14. The van der Waals surface area contributed by atoms with E-state index < -0.39 is 10.0 Å². The third-order valence-electron chi connectivity index (χ3n) is 3.68. The van der Waals surface area contributed by atoms with Gasteiger partial charge in [-0.15, -0.1) is 0 Å². The number of amides is 1. The first-order chi connectivity index (χ1) is 11.3. The van der Waals surface area contributed by atoms with Crippen molar-refractivity contribution in [2.75, 3.05) is 10.0 Å². The second-order valence-electron chi connectivity index (χ2n) is 5.73. The Kier molecular flexibility index (Phi) is 5.62.